The van der Waals surface area contributed by atoms with Gasteiger partial charge in [-0.15, -0.1) is 0 Å². The molecule has 1 aromatic heterocycles. The Kier molecular flexibility index (Phi) is 3.88. The third-order valence-corrected chi connectivity index (χ3v) is 4.64. The molecule has 0 N–H and O–H groups in total. The van der Waals surface area contributed by atoms with Crippen LogP contribution in [-0.4, -0.2) is 19.7 Å². The van der Waals surface area contributed by atoms with Gasteiger partial charge in [-0.1, -0.05) is 23.9 Å². The Hall–Kier alpha value is -1.84. The van der Waals surface area contributed by atoms with Crippen molar-refractivity contribution in [3.8, 4) is 6.07 Å². The number of nitriles is 1. The molecule has 0 saturated carbocycles. The topological polar surface area (TPSA) is 70.8 Å². The average molecular weight is 290 g/mol. The minimum atomic E-state index is -3.27. The maximum atomic E-state index is 11.7. The summed E-state index contributed by atoms with van der Waals surface area (Å²) >= 11 is 1.26. The third-order valence-electron chi connectivity index (χ3n) is 2.33. The first kappa shape index (κ1) is 13.6. The normalized spacial score (nSPS) is 10.9. The number of sulfone groups is 1. The maximum absolute atomic E-state index is 11.7. The van der Waals surface area contributed by atoms with Gasteiger partial charge in [0.2, 0.25) is 0 Å². The van der Waals surface area contributed by atoms with Gasteiger partial charge in [-0.25, -0.2) is 13.4 Å². The zero-order valence-electron chi connectivity index (χ0n) is 10.1. The fourth-order valence-corrected chi connectivity index (χ4v) is 3.58. The van der Waals surface area contributed by atoms with Crippen LogP contribution in [0.25, 0.3) is 0 Å². The Morgan fingerprint density at radius 1 is 1.21 bits per heavy atom. The first-order valence-corrected chi connectivity index (χ1v) is 8.04. The molecule has 0 saturated heterocycles. The second kappa shape index (κ2) is 5.43. The third kappa shape index (κ3) is 3.34. The first-order chi connectivity index (χ1) is 9.00. The summed E-state index contributed by atoms with van der Waals surface area (Å²) in [5.41, 5.74) is 0.473. The first-order valence-electron chi connectivity index (χ1n) is 5.34. The van der Waals surface area contributed by atoms with E-state index in [1.165, 1.54) is 24.2 Å². The van der Waals surface area contributed by atoms with Crippen molar-refractivity contribution in [2.75, 3.05) is 6.26 Å². The molecule has 96 valence electrons. The molecule has 0 spiro atoms. The summed E-state index contributed by atoms with van der Waals surface area (Å²) in [7, 11) is -3.27. The molecule has 0 unspecified atom stereocenters. The minimum Gasteiger partial charge on any atom is -0.248 e. The van der Waals surface area contributed by atoms with Crippen LogP contribution in [0, 0.1) is 11.3 Å². The van der Waals surface area contributed by atoms with Crippen LogP contribution in [0.3, 0.4) is 0 Å². The Morgan fingerprint density at radius 2 is 1.95 bits per heavy atom. The van der Waals surface area contributed by atoms with E-state index in [0.29, 0.717) is 15.5 Å². The number of benzene rings is 1. The lowest BCUT2D eigenvalue weighted by atomic mass is 10.3. The van der Waals surface area contributed by atoms with Crippen LogP contribution in [0.5, 0.6) is 0 Å². The van der Waals surface area contributed by atoms with E-state index in [1.807, 2.05) is 6.07 Å². The van der Waals surface area contributed by atoms with Crippen LogP contribution in [0.2, 0.25) is 0 Å². The Balaban J connectivity index is 2.36. The molecule has 6 heteroatoms. The summed E-state index contributed by atoms with van der Waals surface area (Å²) in [6, 6.07) is 12.1. The van der Waals surface area contributed by atoms with Gasteiger partial charge >= 0.3 is 0 Å². The van der Waals surface area contributed by atoms with Gasteiger partial charge in [0.1, 0.15) is 11.1 Å². The van der Waals surface area contributed by atoms with Crippen molar-refractivity contribution in [2.45, 2.75) is 14.8 Å². The number of nitrogens with zero attached hydrogens (tertiary/aromatic N) is 2. The molecule has 1 heterocycles. The number of hydrogen-bond donors (Lipinski definition) is 0. The molecule has 0 aliphatic carbocycles. The van der Waals surface area contributed by atoms with Crippen LogP contribution < -0.4 is 0 Å². The van der Waals surface area contributed by atoms with E-state index in [9.17, 15) is 8.42 Å². The molecule has 0 fully saturated rings. The average Bonchev–Trinajstić information content (AvgIpc) is 2.39. The van der Waals surface area contributed by atoms with Gasteiger partial charge in [-0.2, -0.15) is 5.26 Å². The second-order valence-electron chi connectivity index (χ2n) is 3.82. The van der Waals surface area contributed by atoms with E-state index in [0.717, 1.165) is 0 Å². The van der Waals surface area contributed by atoms with E-state index < -0.39 is 9.84 Å². The fourth-order valence-electron chi connectivity index (χ4n) is 1.46. The lowest BCUT2D eigenvalue weighted by Crippen LogP contribution is -1.98. The minimum absolute atomic E-state index is 0.283. The molecular formula is C13H10N2O2S2. The highest BCUT2D eigenvalue weighted by Crippen LogP contribution is 2.31. The van der Waals surface area contributed by atoms with Crippen LogP contribution in [0.4, 0.5) is 0 Å². The second-order valence-corrected chi connectivity index (χ2v) is 6.86. The van der Waals surface area contributed by atoms with Crippen molar-refractivity contribution >= 4 is 21.6 Å². The number of pyridine rings is 1. The van der Waals surface area contributed by atoms with Crippen molar-refractivity contribution in [3.63, 3.8) is 0 Å². The Bertz CT molecular complexity index is 732. The quantitative estimate of drug-likeness (QED) is 0.868. The highest BCUT2D eigenvalue weighted by Gasteiger charge is 2.13. The van der Waals surface area contributed by atoms with Crippen LogP contribution >= 0.6 is 11.8 Å². The zero-order chi connectivity index (χ0) is 13.9. The molecule has 0 amide bonds. The van der Waals surface area contributed by atoms with Crippen molar-refractivity contribution < 1.29 is 8.42 Å². The molecule has 2 aromatic rings. The zero-order valence-corrected chi connectivity index (χ0v) is 11.7. The highest BCUT2D eigenvalue weighted by atomic mass is 32.2. The summed E-state index contributed by atoms with van der Waals surface area (Å²) in [4.78, 5) is 5.02. The number of rotatable bonds is 3. The molecule has 1 aromatic carbocycles. The van der Waals surface area contributed by atoms with Gasteiger partial charge in [0.15, 0.2) is 9.84 Å². The van der Waals surface area contributed by atoms with E-state index in [2.05, 4.69) is 4.98 Å². The molecule has 19 heavy (non-hydrogen) atoms. The van der Waals surface area contributed by atoms with E-state index in [1.54, 1.807) is 36.4 Å². The van der Waals surface area contributed by atoms with E-state index in [-0.39, 0.29) is 4.90 Å². The van der Waals surface area contributed by atoms with E-state index in [4.69, 9.17) is 5.26 Å². The maximum Gasteiger partial charge on any atom is 0.176 e. The molecule has 4 nitrogen and oxygen atoms in total. The van der Waals surface area contributed by atoms with Crippen molar-refractivity contribution in [1.29, 1.82) is 5.26 Å². The molecule has 0 atom stereocenters. The summed E-state index contributed by atoms with van der Waals surface area (Å²) in [5, 5.41) is 9.34. The number of hydrogen-bond acceptors (Lipinski definition) is 5. The summed E-state index contributed by atoms with van der Waals surface area (Å²) < 4.78 is 23.3. The predicted octanol–water partition coefficient (Wildman–Crippen LogP) is 2.51. The van der Waals surface area contributed by atoms with Crippen molar-refractivity contribution in [1.82, 2.24) is 4.98 Å². The Labute approximate surface area is 116 Å². The molecule has 0 aliphatic rings. The predicted molar refractivity (Wildman–Crippen MR) is 72.6 cm³/mol. The Morgan fingerprint density at radius 3 is 2.53 bits per heavy atom. The van der Waals surface area contributed by atoms with Gasteiger partial charge in [0.25, 0.3) is 0 Å². The molecule has 0 bridgehead atoms. The standard InChI is InChI=1S/C13H10N2O2S2/c1-19(16,17)12-5-3-2-4-11(12)18-13-7-6-10(8-14)9-15-13/h2-7,9H,1H3. The van der Waals surface area contributed by atoms with Crippen LogP contribution in [-0.2, 0) is 9.84 Å². The molecular weight excluding hydrogens is 280 g/mol. The van der Waals surface area contributed by atoms with Gasteiger partial charge in [0.05, 0.1) is 10.5 Å². The van der Waals surface area contributed by atoms with Gasteiger partial charge in [0, 0.05) is 17.3 Å². The lowest BCUT2D eigenvalue weighted by molar-refractivity contribution is 0.600. The van der Waals surface area contributed by atoms with Crippen LogP contribution in [0.15, 0.2) is 57.4 Å². The summed E-state index contributed by atoms with van der Waals surface area (Å²) in [5.74, 6) is 0. The SMILES string of the molecule is CS(=O)(=O)c1ccccc1Sc1ccc(C#N)cn1. The number of aromatic nitrogens is 1. The largest absolute Gasteiger partial charge is 0.248 e. The smallest absolute Gasteiger partial charge is 0.176 e. The fraction of sp³-hybridized carbons (Fsp3) is 0.0769. The van der Waals surface area contributed by atoms with Gasteiger partial charge in [-0.3, -0.25) is 0 Å². The highest BCUT2D eigenvalue weighted by molar-refractivity contribution is 8.00. The van der Waals surface area contributed by atoms with Crippen molar-refractivity contribution in [2.24, 2.45) is 0 Å². The van der Waals surface area contributed by atoms with E-state index >= 15 is 0 Å². The van der Waals surface area contributed by atoms with Crippen molar-refractivity contribution in [3.05, 3.63) is 48.2 Å². The summed E-state index contributed by atoms with van der Waals surface area (Å²) in [6.45, 7) is 0. The summed E-state index contributed by atoms with van der Waals surface area (Å²) in [6.07, 6.45) is 2.64. The van der Waals surface area contributed by atoms with Gasteiger partial charge < -0.3 is 0 Å². The lowest BCUT2D eigenvalue weighted by Gasteiger charge is -2.06. The molecule has 0 aliphatic heterocycles. The van der Waals surface area contributed by atoms with Crippen LogP contribution in [0.1, 0.15) is 5.56 Å². The molecule has 2 rings (SSSR count). The molecule has 0 radical (unpaired) electrons. The van der Waals surface area contributed by atoms with Gasteiger partial charge in [-0.05, 0) is 24.3 Å². The monoisotopic (exact) mass is 290 g/mol.